The molecule has 0 saturated carbocycles. The van der Waals surface area contributed by atoms with Crippen molar-refractivity contribution in [1.82, 2.24) is 10.2 Å². The summed E-state index contributed by atoms with van der Waals surface area (Å²) in [4.78, 5) is 28.4. The third kappa shape index (κ3) is 8.22. The first-order valence-electron chi connectivity index (χ1n) is 13.0. The molecule has 0 aromatic heterocycles. The van der Waals surface area contributed by atoms with Crippen LogP contribution in [0.3, 0.4) is 0 Å². The topological polar surface area (TPSA) is 96.0 Å². The van der Waals surface area contributed by atoms with E-state index in [1.54, 1.807) is 44.2 Å². The van der Waals surface area contributed by atoms with Crippen molar-refractivity contribution in [1.29, 1.82) is 0 Å². The summed E-state index contributed by atoms with van der Waals surface area (Å²) in [5.41, 5.74) is 2.84. The van der Waals surface area contributed by atoms with E-state index >= 15 is 0 Å². The molecule has 0 unspecified atom stereocenters. The van der Waals surface area contributed by atoms with E-state index in [0.717, 1.165) is 17.4 Å². The van der Waals surface area contributed by atoms with Crippen molar-refractivity contribution in [2.75, 3.05) is 31.3 Å². The van der Waals surface area contributed by atoms with Crippen LogP contribution in [0.4, 0.5) is 5.69 Å². The van der Waals surface area contributed by atoms with Crippen LogP contribution < -0.4 is 14.4 Å². The smallest absolute Gasteiger partial charge is 0.242 e. The highest BCUT2D eigenvalue weighted by atomic mass is 35.5. The van der Waals surface area contributed by atoms with Crippen molar-refractivity contribution in [3.8, 4) is 5.75 Å². The predicted octanol–water partition coefficient (Wildman–Crippen LogP) is 4.59. The molecule has 40 heavy (non-hydrogen) atoms. The molecule has 0 spiro atoms. The van der Waals surface area contributed by atoms with Gasteiger partial charge in [-0.2, -0.15) is 0 Å². The molecule has 1 atom stereocenters. The fourth-order valence-electron chi connectivity index (χ4n) is 4.54. The molecule has 3 aromatic carbocycles. The van der Waals surface area contributed by atoms with E-state index in [-0.39, 0.29) is 37.7 Å². The Bertz CT molecular complexity index is 1420. The van der Waals surface area contributed by atoms with Gasteiger partial charge in [-0.25, -0.2) is 8.42 Å². The number of rotatable bonds is 13. The average molecular weight is 586 g/mol. The third-order valence-corrected chi connectivity index (χ3v) is 8.25. The fourth-order valence-corrected chi connectivity index (χ4v) is 5.72. The van der Waals surface area contributed by atoms with Gasteiger partial charge in [0.2, 0.25) is 21.8 Å². The summed E-state index contributed by atoms with van der Waals surface area (Å²) in [5.74, 6) is 0.0983. The molecule has 0 saturated heterocycles. The number of carbonyl (C=O) groups is 2. The second-order valence-electron chi connectivity index (χ2n) is 9.52. The molecule has 0 fully saturated rings. The summed E-state index contributed by atoms with van der Waals surface area (Å²) in [6.45, 7) is 2.03. The van der Waals surface area contributed by atoms with Crippen LogP contribution in [0.5, 0.6) is 5.75 Å². The molecular weight excluding hydrogens is 550 g/mol. The Balaban J connectivity index is 1.88. The van der Waals surface area contributed by atoms with Gasteiger partial charge in [-0.05, 0) is 54.3 Å². The molecule has 0 bridgehead atoms. The molecule has 3 rings (SSSR count). The zero-order valence-electron chi connectivity index (χ0n) is 23.3. The summed E-state index contributed by atoms with van der Waals surface area (Å²) >= 11 is 6.25. The predicted molar refractivity (Wildman–Crippen MR) is 159 cm³/mol. The Morgan fingerprint density at radius 1 is 1.00 bits per heavy atom. The number of nitrogens with zero attached hydrogens (tertiary/aromatic N) is 2. The molecule has 0 radical (unpaired) electrons. The number of nitrogens with one attached hydrogen (secondary N) is 1. The number of methoxy groups -OCH3 is 1. The van der Waals surface area contributed by atoms with E-state index in [9.17, 15) is 18.0 Å². The minimum atomic E-state index is -3.63. The van der Waals surface area contributed by atoms with Crippen LogP contribution >= 0.6 is 11.6 Å². The first kappa shape index (κ1) is 31.0. The molecule has 0 aliphatic rings. The van der Waals surface area contributed by atoms with Crippen LogP contribution in [-0.4, -0.2) is 58.1 Å². The van der Waals surface area contributed by atoms with Crippen LogP contribution in [0.15, 0.2) is 72.8 Å². The maximum atomic E-state index is 13.8. The summed E-state index contributed by atoms with van der Waals surface area (Å²) in [6, 6.07) is 21.2. The number of hydrogen-bond donors (Lipinski definition) is 1. The van der Waals surface area contributed by atoms with E-state index in [2.05, 4.69) is 5.32 Å². The standard InChI is InChI=1S/C30H36ClN3O5S/c1-22-26(31)15-9-16-27(22)34(40(4,37)38)18-10-17-29(35)33(21-24-13-8-14-25(19-24)39-3)28(30(36)32-2)20-23-11-6-5-7-12-23/h5-9,11-16,19,28H,10,17-18,20-21H2,1-4H3,(H,32,36)/t28-/m0/s1. The van der Waals surface area contributed by atoms with Crippen molar-refractivity contribution >= 4 is 39.1 Å². The van der Waals surface area contributed by atoms with Crippen LogP contribution in [0, 0.1) is 6.92 Å². The lowest BCUT2D eigenvalue weighted by atomic mass is 10.0. The minimum Gasteiger partial charge on any atom is -0.497 e. The SMILES string of the molecule is CNC(=O)[C@H](Cc1ccccc1)N(Cc1cccc(OC)c1)C(=O)CCCN(c1cccc(Cl)c1C)S(C)(=O)=O. The van der Waals surface area contributed by atoms with Crippen molar-refractivity contribution in [2.45, 2.75) is 38.8 Å². The number of amides is 2. The Morgan fingerprint density at radius 2 is 1.68 bits per heavy atom. The van der Waals surface area contributed by atoms with Crippen molar-refractivity contribution in [2.24, 2.45) is 0 Å². The normalized spacial score (nSPS) is 11.9. The first-order valence-corrected chi connectivity index (χ1v) is 15.2. The zero-order valence-corrected chi connectivity index (χ0v) is 24.8. The maximum absolute atomic E-state index is 13.8. The number of likely N-dealkylation sites (N-methyl/N-ethyl adjacent to an activating group) is 1. The van der Waals surface area contributed by atoms with Crippen LogP contribution in [0.2, 0.25) is 5.02 Å². The Labute approximate surface area is 241 Å². The van der Waals surface area contributed by atoms with E-state index in [0.29, 0.717) is 28.4 Å². The van der Waals surface area contributed by atoms with Gasteiger partial charge in [0, 0.05) is 38.0 Å². The summed E-state index contributed by atoms with van der Waals surface area (Å²) < 4.78 is 32.0. The number of ether oxygens (including phenoxy) is 1. The molecule has 8 nitrogen and oxygen atoms in total. The van der Waals surface area contributed by atoms with Crippen molar-refractivity contribution in [3.05, 3.63) is 94.5 Å². The lowest BCUT2D eigenvalue weighted by Gasteiger charge is -2.32. The number of sulfonamides is 1. The molecule has 0 aliphatic heterocycles. The van der Waals surface area contributed by atoms with Gasteiger partial charge in [-0.15, -0.1) is 0 Å². The minimum absolute atomic E-state index is 0.0396. The van der Waals surface area contributed by atoms with Gasteiger partial charge >= 0.3 is 0 Å². The van der Waals surface area contributed by atoms with Crippen LogP contribution in [0.1, 0.15) is 29.5 Å². The van der Waals surface area contributed by atoms with Crippen molar-refractivity contribution in [3.63, 3.8) is 0 Å². The number of halogens is 1. The summed E-state index contributed by atoms with van der Waals surface area (Å²) in [5, 5.41) is 3.16. The van der Waals surface area contributed by atoms with E-state index in [1.807, 2.05) is 54.6 Å². The largest absolute Gasteiger partial charge is 0.497 e. The Kier molecular flexibility index (Phi) is 11.0. The van der Waals surface area contributed by atoms with Gasteiger partial charge in [0.05, 0.1) is 19.1 Å². The second-order valence-corrected chi connectivity index (χ2v) is 11.8. The maximum Gasteiger partial charge on any atom is 0.242 e. The van der Waals surface area contributed by atoms with Crippen molar-refractivity contribution < 1.29 is 22.7 Å². The van der Waals surface area contributed by atoms with Gasteiger partial charge in [0.15, 0.2) is 0 Å². The Hall–Kier alpha value is -3.56. The summed E-state index contributed by atoms with van der Waals surface area (Å²) in [6.07, 6.45) is 1.75. The summed E-state index contributed by atoms with van der Waals surface area (Å²) in [7, 11) is -0.517. The zero-order chi connectivity index (χ0) is 29.3. The molecular formula is C30H36ClN3O5S. The van der Waals surface area contributed by atoms with Gasteiger partial charge in [0.1, 0.15) is 11.8 Å². The first-order chi connectivity index (χ1) is 19.0. The highest BCUT2D eigenvalue weighted by Crippen LogP contribution is 2.28. The van der Waals surface area contributed by atoms with Crippen LogP contribution in [-0.2, 0) is 32.6 Å². The number of carbonyl (C=O) groups excluding carboxylic acids is 2. The van der Waals surface area contributed by atoms with E-state index in [1.165, 1.54) is 4.31 Å². The van der Waals surface area contributed by atoms with Gasteiger partial charge in [-0.1, -0.05) is 60.1 Å². The number of hydrogen-bond acceptors (Lipinski definition) is 5. The number of anilines is 1. The lowest BCUT2D eigenvalue weighted by Crippen LogP contribution is -2.49. The van der Waals surface area contributed by atoms with E-state index in [4.69, 9.17) is 16.3 Å². The monoisotopic (exact) mass is 585 g/mol. The molecule has 1 N–H and O–H groups in total. The molecule has 3 aromatic rings. The molecule has 0 heterocycles. The third-order valence-electron chi connectivity index (χ3n) is 6.66. The molecule has 214 valence electrons. The molecule has 10 heteroatoms. The fraction of sp³-hybridized carbons (Fsp3) is 0.333. The highest BCUT2D eigenvalue weighted by molar-refractivity contribution is 7.92. The highest BCUT2D eigenvalue weighted by Gasteiger charge is 2.30. The van der Waals surface area contributed by atoms with Gasteiger partial charge < -0.3 is 15.0 Å². The van der Waals surface area contributed by atoms with Crippen LogP contribution in [0.25, 0.3) is 0 Å². The average Bonchev–Trinajstić information content (AvgIpc) is 2.94. The lowest BCUT2D eigenvalue weighted by molar-refractivity contribution is -0.141. The van der Waals surface area contributed by atoms with Gasteiger partial charge in [0.25, 0.3) is 0 Å². The Morgan fingerprint density at radius 3 is 2.33 bits per heavy atom. The van der Waals surface area contributed by atoms with Gasteiger partial charge in [-0.3, -0.25) is 13.9 Å². The second kappa shape index (κ2) is 14.2. The quantitative estimate of drug-likeness (QED) is 0.317. The molecule has 2 amide bonds. The van der Waals surface area contributed by atoms with E-state index < -0.39 is 16.1 Å². The molecule has 0 aliphatic carbocycles. The number of benzene rings is 3.